The highest BCUT2D eigenvalue weighted by Crippen LogP contribution is 2.15. The molecule has 1 aromatic rings. The van der Waals surface area contributed by atoms with Crippen LogP contribution in [0.3, 0.4) is 0 Å². The molecule has 1 aromatic carbocycles. The fourth-order valence-electron chi connectivity index (χ4n) is 1.07. The van der Waals surface area contributed by atoms with Crippen molar-refractivity contribution in [3.63, 3.8) is 0 Å². The van der Waals surface area contributed by atoms with Crippen LogP contribution in [0, 0.1) is 0 Å². The molecule has 102 valence electrons. The molecule has 0 saturated carbocycles. The molecule has 0 aliphatic heterocycles. The fourth-order valence-corrected chi connectivity index (χ4v) is 1.40. The summed E-state index contributed by atoms with van der Waals surface area (Å²) < 4.78 is 36.6. The van der Waals surface area contributed by atoms with Crippen molar-refractivity contribution in [3.8, 4) is 5.75 Å². The van der Waals surface area contributed by atoms with Gasteiger partial charge in [-0.3, -0.25) is 4.79 Å². The highest BCUT2D eigenvalue weighted by atomic mass is 32.3. The monoisotopic (exact) mass is 277 g/mol. The number of nitrogens with one attached hydrogen (secondary N) is 1. The Morgan fingerprint density at radius 3 is 2.50 bits per heavy atom. The van der Waals surface area contributed by atoms with Crippen LogP contribution < -0.4 is 9.50 Å². The van der Waals surface area contributed by atoms with Crippen LogP contribution in [-0.4, -0.2) is 20.9 Å². The van der Waals surface area contributed by atoms with E-state index in [1.165, 1.54) is 18.2 Å². The summed E-state index contributed by atoms with van der Waals surface area (Å²) in [5.74, 6) is -0.629. The highest BCUT2D eigenvalue weighted by molar-refractivity contribution is 7.81. The van der Waals surface area contributed by atoms with E-state index in [9.17, 15) is 17.1 Å². The lowest BCUT2D eigenvalue weighted by atomic mass is 10.2. The van der Waals surface area contributed by atoms with Crippen LogP contribution >= 0.6 is 0 Å². The molecule has 1 rings (SSSR count). The van der Waals surface area contributed by atoms with E-state index in [0.717, 1.165) is 6.07 Å². The minimum Gasteiger partial charge on any atom is -0.358 e. The molecular formula is C11H16FNO4S. The number of amides is 1. The number of hydrogen-bond donors (Lipinski definition) is 1. The molecule has 0 bridgehead atoms. The van der Waals surface area contributed by atoms with Crippen LogP contribution in [0.4, 0.5) is 3.89 Å². The maximum absolute atomic E-state index is 12.2. The summed E-state index contributed by atoms with van der Waals surface area (Å²) in [6.45, 7) is 6.18. The van der Waals surface area contributed by atoms with Gasteiger partial charge in [-0.1, -0.05) is 23.8 Å². The Hall–Kier alpha value is -1.63. The SMILES string of the molecule is CC.CCNC(=O)c1cccc(OS(=O)(=O)F)c1. The van der Waals surface area contributed by atoms with Gasteiger partial charge in [0.15, 0.2) is 0 Å². The maximum atomic E-state index is 12.2. The van der Waals surface area contributed by atoms with Crippen LogP contribution in [0.5, 0.6) is 5.75 Å². The highest BCUT2D eigenvalue weighted by Gasteiger charge is 2.11. The van der Waals surface area contributed by atoms with Crippen LogP contribution in [0.25, 0.3) is 0 Å². The molecule has 0 radical (unpaired) electrons. The Morgan fingerprint density at radius 2 is 2.00 bits per heavy atom. The molecule has 18 heavy (non-hydrogen) atoms. The topological polar surface area (TPSA) is 72.5 Å². The minimum absolute atomic E-state index is 0.197. The number of carbonyl (C=O) groups is 1. The second-order valence-electron chi connectivity index (χ2n) is 2.86. The van der Waals surface area contributed by atoms with Gasteiger partial charge in [0.1, 0.15) is 5.75 Å². The van der Waals surface area contributed by atoms with Crippen molar-refractivity contribution in [2.75, 3.05) is 6.54 Å². The van der Waals surface area contributed by atoms with Gasteiger partial charge < -0.3 is 9.50 Å². The van der Waals surface area contributed by atoms with Crippen molar-refractivity contribution in [2.45, 2.75) is 20.8 Å². The van der Waals surface area contributed by atoms with Gasteiger partial charge >= 0.3 is 10.5 Å². The van der Waals surface area contributed by atoms with Gasteiger partial charge in [0, 0.05) is 12.1 Å². The molecule has 0 fully saturated rings. The Bertz CT molecular complexity index is 488. The first-order valence-electron chi connectivity index (χ1n) is 5.44. The third-order valence-corrected chi connectivity index (χ3v) is 2.02. The van der Waals surface area contributed by atoms with Crippen LogP contribution in [0.15, 0.2) is 24.3 Å². The maximum Gasteiger partial charge on any atom is 0.488 e. The lowest BCUT2D eigenvalue weighted by Gasteiger charge is -2.04. The van der Waals surface area contributed by atoms with Gasteiger partial charge in [-0.15, -0.1) is 0 Å². The van der Waals surface area contributed by atoms with Crippen LogP contribution in [0.2, 0.25) is 0 Å². The summed E-state index contributed by atoms with van der Waals surface area (Å²) in [6, 6.07) is 5.23. The normalized spacial score (nSPS) is 10.0. The molecule has 0 saturated heterocycles. The number of halogens is 1. The van der Waals surface area contributed by atoms with Gasteiger partial charge in [0.25, 0.3) is 5.91 Å². The molecule has 0 atom stereocenters. The van der Waals surface area contributed by atoms with Gasteiger partial charge in [0.05, 0.1) is 0 Å². The van der Waals surface area contributed by atoms with Crippen LogP contribution in [0.1, 0.15) is 31.1 Å². The summed E-state index contributed by atoms with van der Waals surface area (Å²) in [5, 5.41) is 2.51. The van der Waals surface area contributed by atoms with Gasteiger partial charge in [-0.05, 0) is 25.1 Å². The summed E-state index contributed by atoms with van der Waals surface area (Å²) in [6.07, 6.45) is 0. The molecule has 1 N–H and O–H groups in total. The minimum atomic E-state index is -5.06. The molecule has 0 aliphatic rings. The van der Waals surface area contributed by atoms with E-state index in [1.54, 1.807) is 6.92 Å². The number of rotatable bonds is 4. The van der Waals surface area contributed by atoms with Gasteiger partial charge in [-0.2, -0.15) is 8.42 Å². The zero-order valence-corrected chi connectivity index (χ0v) is 11.3. The average Bonchev–Trinajstić information content (AvgIpc) is 2.30. The van der Waals surface area contributed by atoms with E-state index in [0.29, 0.717) is 6.54 Å². The Kier molecular flexibility index (Phi) is 6.96. The predicted molar refractivity (Wildman–Crippen MR) is 66.5 cm³/mol. The van der Waals surface area contributed by atoms with E-state index < -0.39 is 10.5 Å². The number of benzene rings is 1. The third-order valence-electron chi connectivity index (χ3n) is 1.63. The number of hydrogen-bond acceptors (Lipinski definition) is 4. The largest absolute Gasteiger partial charge is 0.488 e. The lowest BCUT2D eigenvalue weighted by Crippen LogP contribution is -2.22. The molecule has 0 unspecified atom stereocenters. The predicted octanol–water partition coefficient (Wildman–Crippen LogP) is 2.06. The molecule has 0 aliphatic carbocycles. The van der Waals surface area contributed by atoms with Gasteiger partial charge in [-0.25, -0.2) is 0 Å². The lowest BCUT2D eigenvalue weighted by molar-refractivity contribution is 0.0955. The van der Waals surface area contributed by atoms with Crippen molar-refractivity contribution >= 4 is 16.4 Å². The summed E-state index contributed by atoms with van der Waals surface area (Å²) in [5.41, 5.74) is 0.197. The summed E-state index contributed by atoms with van der Waals surface area (Å²) in [4.78, 5) is 11.4. The zero-order chi connectivity index (χ0) is 14.2. The van der Waals surface area contributed by atoms with Crippen molar-refractivity contribution in [1.82, 2.24) is 5.32 Å². The van der Waals surface area contributed by atoms with Crippen LogP contribution in [-0.2, 0) is 10.5 Å². The quantitative estimate of drug-likeness (QED) is 0.855. The standard InChI is InChI=1S/C9H10FNO4S.C2H6/c1-2-11-9(12)7-4-3-5-8(6-7)15-16(10,13)14;1-2/h3-6H,2H2,1H3,(H,11,12);1-2H3. The second-order valence-corrected chi connectivity index (χ2v) is 3.82. The first-order chi connectivity index (χ1) is 8.42. The summed E-state index contributed by atoms with van der Waals surface area (Å²) >= 11 is 0. The Balaban J connectivity index is 0.00000137. The molecule has 5 nitrogen and oxygen atoms in total. The first kappa shape index (κ1) is 16.4. The van der Waals surface area contributed by atoms with E-state index in [4.69, 9.17) is 0 Å². The average molecular weight is 277 g/mol. The Morgan fingerprint density at radius 1 is 1.39 bits per heavy atom. The van der Waals surface area contributed by atoms with Gasteiger partial charge in [0.2, 0.25) is 0 Å². The van der Waals surface area contributed by atoms with E-state index >= 15 is 0 Å². The molecule has 7 heteroatoms. The second kappa shape index (κ2) is 7.65. The first-order valence-corrected chi connectivity index (χ1v) is 6.75. The summed E-state index contributed by atoms with van der Waals surface area (Å²) in [7, 11) is -5.06. The molecular weight excluding hydrogens is 261 g/mol. The zero-order valence-electron chi connectivity index (χ0n) is 10.4. The van der Waals surface area contributed by atoms with E-state index in [-0.39, 0.29) is 17.2 Å². The Labute approximate surface area is 106 Å². The molecule has 1 amide bonds. The fraction of sp³-hybridized carbons (Fsp3) is 0.364. The van der Waals surface area contributed by atoms with Crippen molar-refractivity contribution in [1.29, 1.82) is 0 Å². The van der Waals surface area contributed by atoms with Crippen molar-refractivity contribution < 1.29 is 21.3 Å². The third kappa shape index (κ3) is 6.19. The smallest absolute Gasteiger partial charge is 0.358 e. The van der Waals surface area contributed by atoms with E-state index in [2.05, 4.69) is 9.50 Å². The molecule has 0 heterocycles. The molecule has 0 aromatic heterocycles. The molecule has 0 spiro atoms. The van der Waals surface area contributed by atoms with Crippen molar-refractivity contribution in [2.24, 2.45) is 0 Å². The van der Waals surface area contributed by atoms with E-state index in [1.807, 2.05) is 13.8 Å². The van der Waals surface area contributed by atoms with Crippen molar-refractivity contribution in [3.05, 3.63) is 29.8 Å². The number of carbonyl (C=O) groups excluding carboxylic acids is 1.